The van der Waals surface area contributed by atoms with Crippen LogP contribution in [0.4, 0.5) is 13.2 Å². The van der Waals surface area contributed by atoms with E-state index < -0.39 is 35.1 Å². The van der Waals surface area contributed by atoms with E-state index in [2.05, 4.69) is 5.32 Å². The normalized spacial score (nSPS) is 23.1. The summed E-state index contributed by atoms with van der Waals surface area (Å²) in [5, 5.41) is 5.64. The topological polar surface area (TPSA) is 55.4 Å². The Morgan fingerprint density at radius 2 is 1.45 bits per heavy atom. The highest BCUT2D eigenvalue weighted by atomic mass is 35.5. The molecule has 0 aromatic heterocycles. The minimum absolute atomic E-state index is 0.0651. The van der Waals surface area contributed by atoms with Crippen LogP contribution < -0.4 is 5.32 Å². The molecule has 0 heterocycles. The summed E-state index contributed by atoms with van der Waals surface area (Å²) in [5.74, 6) is -1.99. The molecule has 0 spiro atoms. The fraction of sp³-hybridized carbons (Fsp3) is 0.290. The van der Waals surface area contributed by atoms with E-state index in [0.717, 1.165) is 0 Å². The maximum absolute atomic E-state index is 14.6. The van der Waals surface area contributed by atoms with E-state index in [9.17, 15) is 22.8 Å². The predicted octanol–water partition coefficient (Wildman–Crippen LogP) is 8.44. The molecule has 3 aliphatic carbocycles. The smallest absolute Gasteiger partial charge is 0.429 e. The van der Waals surface area contributed by atoms with E-state index in [0.29, 0.717) is 51.4 Å². The SMILES string of the molecule is CC(C(=O)OC(c1c2ccccc2cc2ccccc12)C(F)(F)F)C12CC(NC(=O)c3ccc(Cl)c(Cl)c3)(C1)C2. The van der Waals surface area contributed by atoms with Crippen LogP contribution in [0.25, 0.3) is 21.5 Å². The molecule has 4 aromatic rings. The molecule has 4 nitrogen and oxygen atoms in total. The number of carbonyl (C=O) groups is 2. The van der Waals surface area contributed by atoms with Gasteiger partial charge < -0.3 is 10.1 Å². The number of halogens is 5. The first kappa shape index (κ1) is 26.9. The number of benzene rings is 4. The number of ether oxygens (including phenoxy) is 1. The number of alkyl halides is 3. The van der Waals surface area contributed by atoms with Crippen molar-refractivity contribution in [1.29, 1.82) is 0 Å². The number of fused-ring (bicyclic) bond motifs is 2. The average molecular weight is 586 g/mol. The van der Waals surface area contributed by atoms with Crippen LogP contribution in [0.5, 0.6) is 0 Å². The zero-order valence-electron chi connectivity index (χ0n) is 21.3. The largest absolute Gasteiger partial charge is 0.447 e. The van der Waals surface area contributed by atoms with E-state index in [-0.39, 0.29) is 16.5 Å². The number of rotatable bonds is 6. The minimum Gasteiger partial charge on any atom is -0.447 e. The molecular formula is C31H24Cl2F3NO3. The number of esters is 1. The van der Waals surface area contributed by atoms with Gasteiger partial charge >= 0.3 is 12.1 Å². The maximum Gasteiger partial charge on any atom is 0.429 e. The zero-order chi connectivity index (χ0) is 28.4. The van der Waals surface area contributed by atoms with Gasteiger partial charge in [-0.1, -0.05) is 78.7 Å². The lowest BCUT2D eigenvalue weighted by molar-refractivity contribution is -0.238. The second-order valence-electron chi connectivity index (χ2n) is 11.1. The van der Waals surface area contributed by atoms with Gasteiger partial charge in [-0.3, -0.25) is 9.59 Å². The van der Waals surface area contributed by atoms with E-state index in [1.54, 1.807) is 61.5 Å². The van der Waals surface area contributed by atoms with Crippen molar-refractivity contribution in [2.45, 2.75) is 44.0 Å². The summed E-state index contributed by atoms with van der Waals surface area (Å²) in [4.78, 5) is 26.0. The van der Waals surface area contributed by atoms with Crippen LogP contribution in [0.2, 0.25) is 10.0 Å². The molecule has 0 radical (unpaired) electrons. The number of hydrogen-bond donors (Lipinski definition) is 1. The molecular weight excluding hydrogens is 562 g/mol. The number of amides is 1. The third-order valence-electron chi connectivity index (χ3n) is 8.51. The molecule has 2 bridgehead atoms. The number of carbonyl (C=O) groups excluding carboxylic acids is 2. The van der Waals surface area contributed by atoms with Crippen molar-refractivity contribution in [3.05, 3.63) is 94.0 Å². The van der Waals surface area contributed by atoms with Crippen LogP contribution in [0.1, 0.15) is 48.2 Å². The van der Waals surface area contributed by atoms with Crippen LogP contribution in [0.3, 0.4) is 0 Å². The molecule has 2 unspecified atom stereocenters. The quantitative estimate of drug-likeness (QED) is 0.182. The average Bonchev–Trinajstić information content (AvgIpc) is 2.87. The van der Waals surface area contributed by atoms with Gasteiger partial charge in [-0.05, 0) is 70.5 Å². The minimum atomic E-state index is -4.82. The molecule has 3 aliphatic rings. The Hall–Kier alpha value is -3.29. The standard InChI is InChI=1S/C31H24Cl2F3NO3/c1-17(29-14-30(15-29,16-29)37-27(38)20-10-11-23(32)24(33)13-20)28(39)40-26(31(34,35)36)25-21-8-4-2-6-18(21)12-19-7-3-5-9-22(19)25/h2-13,17,26H,14-16H2,1H3,(H,37,38). The van der Waals surface area contributed by atoms with Crippen molar-refractivity contribution >= 4 is 56.6 Å². The summed E-state index contributed by atoms with van der Waals surface area (Å²) in [6.45, 7) is 1.61. The van der Waals surface area contributed by atoms with E-state index in [1.807, 2.05) is 6.07 Å². The third kappa shape index (κ3) is 4.40. The third-order valence-corrected chi connectivity index (χ3v) is 9.25. The van der Waals surface area contributed by atoms with Crippen LogP contribution in [-0.4, -0.2) is 23.6 Å². The maximum atomic E-state index is 14.6. The molecule has 0 saturated heterocycles. The summed E-state index contributed by atoms with van der Waals surface area (Å²) in [7, 11) is 0. The van der Waals surface area contributed by atoms with Gasteiger partial charge in [0.1, 0.15) is 0 Å². The lowest BCUT2D eigenvalue weighted by Crippen LogP contribution is -2.77. The first-order valence-electron chi connectivity index (χ1n) is 12.9. The van der Waals surface area contributed by atoms with Gasteiger partial charge in [-0.15, -0.1) is 0 Å². The van der Waals surface area contributed by atoms with Crippen LogP contribution >= 0.6 is 23.2 Å². The number of hydrogen-bond acceptors (Lipinski definition) is 3. The lowest BCUT2D eigenvalue weighted by Gasteiger charge is -2.72. The van der Waals surface area contributed by atoms with Crippen LogP contribution in [0.15, 0.2) is 72.8 Å². The van der Waals surface area contributed by atoms with Crippen molar-refractivity contribution in [2.24, 2.45) is 11.3 Å². The Morgan fingerprint density at radius 1 is 0.875 bits per heavy atom. The fourth-order valence-corrected chi connectivity index (χ4v) is 6.80. The molecule has 3 fully saturated rings. The van der Waals surface area contributed by atoms with Crippen LogP contribution in [-0.2, 0) is 9.53 Å². The molecule has 1 amide bonds. The molecule has 0 aliphatic heterocycles. The summed E-state index contributed by atoms with van der Waals surface area (Å²) in [5.41, 5.74) is -0.716. The molecule has 40 heavy (non-hydrogen) atoms. The molecule has 2 atom stereocenters. The highest BCUT2D eigenvalue weighted by Crippen LogP contribution is 2.71. The Kier molecular flexibility index (Phi) is 6.31. The fourth-order valence-electron chi connectivity index (χ4n) is 6.50. The highest BCUT2D eigenvalue weighted by molar-refractivity contribution is 6.42. The van der Waals surface area contributed by atoms with Crippen molar-refractivity contribution in [3.8, 4) is 0 Å². The molecule has 9 heteroatoms. The molecule has 206 valence electrons. The molecule has 4 aromatic carbocycles. The van der Waals surface area contributed by atoms with Crippen molar-refractivity contribution in [2.75, 3.05) is 0 Å². The van der Waals surface area contributed by atoms with Crippen LogP contribution in [0, 0.1) is 11.3 Å². The summed E-state index contributed by atoms with van der Waals surface area (Å²) < 4.78 is 49.0. The zero-order valence-corrected chi connectivity index (χ0v) is 22.8. The Bertz CT molecular complexity index is 1610. The Morgan fingerprint density at radius 3 is 2.00 bits per heavy atom. The Balaban J connectivity index is 1.22. The summed E-state index contributed by atoms with van der Waals surface area (Å²) in [6.07, 6.45) is -5.79. The highest BCUT2D eigenvalue weighted by Gasteiger charge is 2.71. The van der Waals surface area contributed by atoms with Crippen molar-refractivity contribution in [3.63, 3.8) is 0 Å². The van der Waals surface area contributed by atoms with E-state index >= 15 is 0 Å². The van der Waals surface area contributed by atoms with Crippen molar-refractivity contribution in [1.82, 2.24) is 5.32 Å². The van der Waals surface area contributed by atoms with Gasteiger partial charge in [0.25, 0.3) is 5.91 Å². The van der Waals surface area contributed by atoms with Gasteiger partial charge in [-0.25, -0.2) is 0 Å². The second kappa shape index (κ2) is 9.38. The van der Waals surface area contributed by atoms with Gasteiger partial charge in [0, 0.05) is 16.7 Å². The lowest BCUT2D eigenvalue weighted by atomic mass is 9.36. The van der Waals surface area contributed by atoms with E-state index in [1.165, 1.54) is 12.1 Å². The number of nitrogens with one attached hydrogen (secondary N) is 1. The van der Waals surface area contributed by atoms with Crippen molar-refractivity contribution < 1.29 is 27.5 Å². The van der Waals surface area contributed by atoms with Gasteiger partial charge in [0.15, 0.2) is 0 Å². The first-order valence-corrected chi connectivity index (χ1v) is 13.6. The van der Waals surface area contributed by atoms with E-state index in [4.69, 9.17) is 27.9 Å². The second-order valence-corrected chi connectivity index (χ2v) is 11.9. The first-order chi connectivity index (χ1) is 18.9. The molecule has 7 rings (SSSR count). The Labute approximate surface area is 238 Å². The van der Waals surface area contributed by atoms with Gasteiger partial charge in [0.05, 0.1) is 16.0 Å². The van der Waals surface area contributed by atoms with Gasteiger partial charge in [0.2, 0.25) is 6.10 Å². The predicted molar refractivity (Wildman–Crippen MR) is 148 cm³/mol. The van der Waals surface area contributed by atoms with Gasteiger partial charge in [-0.2, -0.15) is 13.2 Å². The summed E-state index contributed by atoms with van der Waals surface area (Å²) in [6, 6.07) is 20.0. The monoisotopic (exact) mass is 585 g/mol. The molecule has 3 saturated carbocycles. The summed E-state index contributed by atoms with van der Waals surface area (Å²) >= 11 is 12.0. The molecule has 1 N–H and O–H groups in total.